The number of urea groups is 1. The van der Waals surface area contributed by atoms with Crippen LogP contribution in [-0.4, -0.2) is 38.3 Å². The molecule has 2 fully saturated rings. The van der Waals surface area contributed by atoms with Gasteiger partial charge in [0, 0.05) is 24.8 Å². The van der Waals surface area contributed by atoms with E-state index in [0.717, 1.165) is 24.5 Å². The highest BCUT2D eigenvalue weighted by atomic mass is 16.2. The van der Waals surface area contributed by atoms with Gasteiger partial charge in [-0.3, -0.25) is 10.3 Å². The van der Waals surface area contributed by atoms with Gasteiger partial charge in [-0.25, -0.2) is 9.48 Å². The fourth-order valence-electron chi connectivity index (χ4n) is 4.40. The van der Waals surface area contributed by atoms with Gasteiger partial charge in [-0.1, -0.05) is 25.8 Å². The average molecular weight is 339 g/mol. The van der Waals surface area contributed by atoms with Gasteiger partial charge in [-0.15, -0.1) is 0 Å². The maximum Gasteiger partial charge on any atom is 0.323 e. The van der Waals surface area contributed by atoms with Crippen LogP contribution in [-0.2, 0) is 6.54 Å². The molecule has 3 atom stereocenters. The fourth-order valence-corrected chi connectivity index (χ4v) is 4.40. The minimum atomic E-state index is 0.00372. The van der Waals surface area contributed by atoms with Crippen LogP contribution in [0.15, 0.2) is 36.7 Å². The summed E-state index contributed by atoms with van der Waals surface area (Å²) in [5.41, 5.74) is 0.920. The molecule has 1 saturated carbocycles. The van der Waals surface area contributed by atoms with E-state index < -0.39 is 0 Å². The van der Waals surface area contributed by atoms with Crippen molar-refractivity contribution in [1.82, 2.24) is 19.7 Å². The maximum atomic E-state index is 12.9. The Labute approximate surface area is 148 Å². The molecule has 132 valence electrons. The molecule has 6 nitrogen and oxygen atoms in total. The predicted octanol–water partition coefficient (Wildman–Crippen LogP) is 3.37. The molecule has 0 bridgehead atoms. The summed E-state index contributed by atoms with van der Waals surface area (Å²) >= 11 is 0. The van der Waals surface area contributed by atoms with E-state index in [2.05, 4.69) is 22.3 Å². The van der Waals surface area contributed by atoms with Gasteiger partial charge in [0.25, 0.3) is 0 Å². The summed E-state index contributed by atoms with van der Waals surface area (Å²) in [5.74, 6) is 1.98. The molecular formula is C19H25N5O. The van der Waals surface area contributed by atoms with Crippen LogP contribution in [0.25, 0.3) is 0 Å². The van der Waals surface area contributed by atoms with E-state index in [4.69, 9.17) is 0 Å². The molecule has 2 aliphatic rings. The molecular weight excluding hydrogens is 314 g/mol. The first-order valence-corrected chi connectivity index (χ1v) is 9.21. The molecule has 25 heavy (non-hydrogen) atoms. The van der Waals surface area contributed by atoms with Crippen molar-refractivity contribution in [3.05, 3.63) is 42.4 Å². The summed E-state index contributed by atoms with van der Waals surface area (Å²) in [7, 11) is 0. The zero-order chi connectivity index (χ0) is 17.2. The summed E-state index contributed by atoms with van der Waals surface area (Å²) in [6.07, 6.45) is 8.41. The molecule has 3 heterocycles. The number of nitrogens with zero attached hydrogens (tertiary/aromatic N) is 4. The minimum absolute atomic E-state index is 0.00372. The molecule has 6 heteroatoms. The number of nitrogens with one attached hydrogen (secondary N) is 1. The monoisotopic (exact) mass is 339 g/mol. The number of carbonyl (C=O) groups is 1. The number of rotatable bonds is 3. The van der Waals surface area contributed by atoms with Gasteiger partial charge in [-0.05, 0) is 36.8 Å². The number of hydrogen-bond acceptors (Lipinski definition) is 3. The molecule has 2 aromatic heterocycles. The van der Waals surface area contributed by atoms with Gasteiger partial charge < -0.3 is 4.90 Å². The standard InChI is InChI=1S/C19H25N5O/c1-14-12-23(17-8-3-2-7-16(14)17)19(25)22-18-9-11-21-24(18)13-15-6-4-5-10-20-15/h4-6,9-11,14,16-17H,2-3,7-8,12-13H2,1H3,(H,22,25)/t14-,16-,17+/m1/s1. The Bertz CT molecular complexity index is 728. The van der Waals surface area contributed by atoms with Crippen LogP contribution in [0.2, 0.25) is 0 Å². The molecule has 2 aromatic rings. The van der Waals surface area contributed by atoms with Crippen molar-refractivity contribution in [1.29, 1.82) is 0 Å². The van der Waals surface area contributed by atoms with Crippen LogP contribution in [0.1, 0.15) is 38.3 Å². The lowest BCUT2D eigenvalue weighted by atomic mass is 9.80. The third-order valence-electron chi connectivity index (χ3n) is 5.65. The van der Waals surface area contributed by atoms with Crippen molar-refractivity contribution < 1.29 is 4.79 Å². The number of pyridine rings is 1. The first-order chi connectivity index (χ1) is 12.2. The zero-order valence-corrected chi connectivity index (χ0v) is 14.6. The predicted molar refractivity (Wildman–Crippen MR) is 96.2 cm³/mol. The number of hydrogen-bond donors (Lipinski definition) is 1. The second-order valence-corrected chi connectivity index (χ2v) is 7.27. The Kier molecular flexibility index (Phi) is 4.42. The Morgan fingerprint density at radius 2 is 2.12 bits per heavy atom. The highest BCUT2D eigenvalue weighted by Gasteiger charge is 2.42. The molecule has 4 rings (SSSR count). The number of carbonyl (C=O) groups excluding carboxylic acids is 1. The van der Waals surface area contributed by atoms with E-state index in [0.29, 0.717) is 24.4 Å². The summed E-state index contributed by atoms with van der Waals surface area (Å²) in [5, 5.41) is 7.40. The second kappa shape index (κ2) is 6.86. The molecule has 0 radical (unpaired) electrons. The van der Waals surface area contributed by atoms with E-state index in [9.17, 15) is 4.79 Å². The van der Waals surface area contributed by atoms with Crippen LogP contribution in [0, 0.1) is 11.8 Å². The maximum absolute atomic E-state index is 12.9. The number of fused-ring (bicyclic) bond motifs is 1. The lowest BCUT2D eigenvalue weighted by molar-refractivity contribution is 0.180. The first-order valence-electron chi connectivity index (χ1n) is 9.21. The van der Waals surface area contributed by atoms with Gasteiger partial charge in [0.2, 0.25) is 0 Å². The molecule has 0 aromatic carbocycles. The lowest BCUT2D eigenvalue weighted by Crippen LogP contribution is -2.42. The van der Waals surface area contributed by atoms with Gasteiger partial charge in [-0.2, -0.15) is 5.10 Å². The molecule has 0 unspecified atom stereocenters. The summed E-state index contributed by atoms with van der Waals surface area (Å²) in [4.78, 5) is 19.3. The van der Waals surface area contributed by atoms with Crippen LogP contribution in [0.4, 0.5) is 10.6 Å². The Morgan fingerprint density at radius 3 is 2.96 bits per heavy atom. The van der Waals surface area contributed by atoms with Crippen molar-refractivity contribution in [2.24, 2.45) is 11.8 Å². The van der Waals surface area contributed by atoms with Crippen molar-refractivity contribution in [3.63, 3.8) is 0 Å². The summed E-state index contributed by atoms with van der Waals surface area (Å²) < 4.78 is 1.79. The van der Waals surface area contributed by atoms with E-state index >= 15 is 0 Å². The highest BCUT2D eigenvalue weighted by Crippen LogP contribution is 2.39. The number of aromatic nitrogens is 3. The van der Waals surface area contributed by atoms with Crippen molar-refractivity contribution >= 4 is 11.8 Å². The Hall–Kier alpha value is -2.37. The number of likely N-dealkylation sites (tertiary alicyclic amines) is 1. The van der Waals surface area contributed by atoms with Crippen LogP contribution in [0.3, 0.4) is 0 Å². The molecule has 1 saturated heterocycles. The van der Waals surface area contributed by atoms with E-state index in [-0.39, 0.29) is 6.03 Å². The zero-order valence-electron chi connectivity index (χ0n) is 14.6. The third kappa shape index (κ3) is 3.25. The Balaban J connectivity index is 1.46. The largest absolute Gasteiger partial charge is 0.323 e. The van der Waals surface area contributed by atoms with Crippen LogP contribution >= 0.6 is 0 Å². The molecule has 1 aliphatic carbocycles. The normalized spacial score (nSPS) is 25.6. The topological polar surface area (TPSA) is 63.1 Å². The molecule has 0 spiro atoms. The first kappa shape index (κ1) is 16.1. The SMILES string of the molecule is C[C@@H]1CN(C(=O)Nc2ccnn2Cc2ccccn2)[C@H]2CCCC[C@H]12. The van der Waals surface area contributed by atoms with Gasteiger partial charge in [0.05, 0.1) is 18.4 Å². The molecule has 1 aliphatic heterocycles. The summed E-state index contributed by atoms with van der Waals surface area (Å²) in [6, 6.07) is 8.06. The van der Waals surface area contributed by atoms with Gasteiger partial charge in [0.1, 0.15) is 5.82 Å². The highest BCUT2D eigenvalue weighted by molar-refractivity contribution is 5.89. The van der Waals surface area contributed by atoms with Crippen LogP contribution < -0.4 is 5.32 Å². The fraction of sp³-hybridized carbons (Fsp3) is 0.526. The van der Waals surface area contributed by atoms with Crippen molar-refractivity contribution in [2.75, 3.05) is 11.9 Å². The van der Waals surface area contributed by atoms with E-state index in [1.54, 1.807) is 17.1 Å². The lowest BCUT2D eigenvalue weighted by Gasteiger charge is -2.32. The second-order valence-electron chi connectivity index (χ2n) is 7.27. The van der Waals surface area contributed by atoms with E-state index in [1.807, 2.05) is 29.2 Å². The van der Waals surface area contributed by atoms with Crippen LogP contribution in [0.5, 0.6) is 0 Å². The van der Waals surface area contributed by atoms with E-state index in [1.165, 1.54) is 19.3 Å². The quantitative estimate of drug-likeness (QED) is 0.932. The summed E-state index contributed by atoms with van der Waals surface area (Å²) in [6.45, 7) is 3.68. The van der Waals surface area contributed by atoms with Crippen molar-refractivity contribution in [3.8, 4) is 0 Å². The average Bonchev–Trinajstić information content (AvgIpc) is 3.21. The number of amides is 2. The van der Waals surface area contributed by atoms with Gasteiger partial charge in [0.15, 0.2) is 0 Å². The number of anilines is 1. The molecule has 1 N–H and O–H groups in total. The van der Waals surface area contributed by atoms with Crippen molar-refractivity contribution in [2.45, 2.75) is 45.2 Å². The minimum Gasteiger partial charge on any atom is -0.321 e. The smallest absolute Gasteiger partial charge is 0.321 e. The molecule has 2 amide bonds. The van der Waals surface area contributed by atoms with Gasteiger partial charge >= 0.3 is 6.03 Å². The third-order valence-corrected chi connectivity index (χ3v) is 5.65. The Morgan fingerprint density at radius 1 is 1.24 bits per heavy atom.